The lowest BCUT2D eigenvalue weighted by molar-refractivity contribution is -0.149. The number of carbonyl (C=O) groups is 2. The van der Waals surface area contributed by atoms with E-state index in [1.807, 2.05) is 20.8 Å². The maximum absolute atomic E-state index is 12.0. The number of rotatable bonds is 3. The van der Waals surface area contributed by atoms with E-state index >= 15 is 0 Å². The highest BCUT2D eigenvalue weighted by molar-refractivity contribution is 5.96. The van der Waals surface area contributed by atoms with Crippen molar-refractivity contribution in [2.24, 2.45) is 5.92 Å². The molecule has 0 spiro atoms. The normalized spacial score (nSPS) is 27.1. The molecule has 1 N–H and O–H groups in total. The van der Waals surface area contributed by atoms with E-state index in [1.165, 1.54) is 0 Å². The van der Waals surface area contributed by atoms with Crippen LogP contribution in [0, 0.1) is 5.92 Å². The number of amides is 2. The van der Waals surface area contributed by atoms with Crippen LogP contribution in [0.5, 0.6) is 0 Å². The smallest absolute Gasteiger partial charge is 0.245 e. The summed E-state index contributed by atoms with van der Waals surface area (Å²) in [5.41, 5.74) is 0. The third kappa shape index (κ3) is 2.49. The Morgan fingerprint density at radius 1 is 1.40 bits per heavy atom. The number of nitrogens with zero attached hydrogens (tertiary/aromatic N) is 1. The lowest BCUT2D eigenvalue weighted by Crippen LogP contribution is -2.62. The maximum atomic E-state index is 12.0. The average molecular weight is 212 g/mol. The van der Waals surface area contributed by atoms with Gasteiger partial charge >= 0.3 is 0 Å². The Labute approximate surface area is 91.0 Å². The molecule has 4 nitrogen and oxygen atoms in total. The number of piperazine rings is 1. The Balaban J connectivity index is 2.80. The highest BCUT2D eigenvalue weighted by Crippen LogP contribution is 2.13. The zero-order valence-corrected chi connectivity index (χ0v) is 9.91. The van der Waals surface area contributed by atoms with Crippen molar-refractivity contribution < 1.29 is 9.59 Å². The van der Waals surface area contributed by atoms with E-state index in [0.717, 1.165) is 0 Å². The first kappa shape index (κ1) is 12.0. The summed E-state index contributed by atoms with van der Waals surface area (Å²) in [5, 5.41) is 2.74. The van der Waals surface area contributed by atoms with E-state index in [2.05, 4.69) is 5.32 Å². The highest BCUT2D eigenvalue weighted by atomic mass is 16.2. The minimum Gasteiger partial charge on any atom is -0.343 e. The molecule has 0 aromatic heterocycles. The highest BCUT2D eigenvalue weighted by Gasteiger charge is 2.36. The minimum atomic E-state index is -0.331. The molecule has 0 aromatic carbocycles. The zero-order valence-electron chi connectivity index (χ0n) is 9.91. The third-order valence-electron chi connectivity index (χ3n) is 2.71. The molecule has 0 saturated carbocycles. The number of carbonyl (C=O) groups excluding carboxylic acids is 2. The van der Waals surface area contributed by atoms with Crippen LogP contribution in [0.1, 0.15) is 34.1 Å². The Morgan fingerprint density at radius 2 is 2.00 bits per heavy atom. The van der Waals surface area contributed by atoms with E-state index in [0.29, 0.717) is 18.9 Å². The van der Waals surface area contributed by atoms with Crippen molar-refractivity contribution >= 4 is 11.8 Å². The summed E-state index contributed by atoms with van der Waals surface area (Å²) in [5.74, 6) is 0.403. The van der Waals surface area contributed by atoms with Crippen molar-refractivity contribution in [3.05, 3.63) is 0 Å². The zero-order chi connectivity index (χ0) is 11.6. The molecule has 1 heterocycles. The Hall–Kier alpha value is -1.06. The fourth-order valence-corrected chi connectivity index (χ4v) is 1.80. The molecule has 1 saturated heterocycles. The minimum absolute atomic E-state index is 0.0397. The monoisotopic (exact) mass is 212 g/mol. The van der Waals surface area contributed by atoms with E-state index in [9.17, 15) is 9.59 Å². The van der Waals surface area contributed by atoms with Gasteiger partial charge in [-0.1, -0.05) is 20.8 Å². The molecule has 0 aliphatic carbocycles. The summed E-state index contributed by atoms with van der Waals surface area (Å²) in [4.78, 5) is 25.2. The average Bonchev–Trinajstić information content (AvgIpc) is 2.18. The van der Waals surface area contributed by atoms with Gasteiger partial charge in [0, 0.05) is 6.54 Å². The van der Waals surface area contributed by atoms with Crippen LogP contribution in [0.15, 0.2) is 0 Å². The molecule has 1 fully saturated rings. The Kier molecular flexibility index (Phi) is 3.72. The molecule has 1 aliphatic rings. The van der Waals surface area contributed by atoms with Crippen LogP contribution in [0.25, 0.3) is 0 Å². The van der Waals surface area contributed by atoms with Crippen LogP contribution in [0.4, 0.5) is 0 Å². The third-order valence-corrected chi connectivity index (χ3v) is 2.71. The first-order chi connectivity index (χ1) is 6.97. The van der Waals surface area contributed by atoms with Crippen LogP contribution < -0.4 is 5.32 Å². The second-order valence-electron chi connectivity index (χ2n) is 4.53. The van der Waals surface area contributed by atoms with Gasteiger partial charge in [-0.2, -0.15) is 0 Å². The Bertz CT molecular complexity index is 263. The van der Waals surface area contributed by atoms with E-state index in [4.69, 9.17) is 0 Å². The molecule has 2 amide bonds. The van der Waals surface area contributed by atoms with Gasteiger partial charge in [0.1, 0.15) is 12.1 Å². The molecule has 0 radical (unpaired) electrons. The topological polar surface area (TPSA) is 49.4 Å². The molecule has 0 aromatic rings. The molecular formula is C11H20N2O2. The molecule has 4 heteroatoms. The summed E-state index contributed by atoms with van der Waals surface area (Å²) < 4.78 is 0. The van der Waals surface area contributed by atoms with Crippen LogP contribution >= 0.6 is 0 Å². The number of nitrogens with one attached hydrogen (secondary N) is 1. The van der Waals surface area contributed by atoms with Gasteiger partial charge in [-0.15, -0.1) is 0 Å². The molecule has 2 unspecified atom stereocenters. The van der Waals surface area contributed by atoms with Crippen LogP contribution in [0.2, 0.25) is 0 Å². The summed E-state index contributed by atoms with van der Waals surface area (Å²) in [7, 11) is 0. The van der Waals surface area contributed by atoms with Crippen molar-refractivity contribution in [2.45, 2.75) is 46.2 Å². The fourth-order valence-electron chi connectivity index (χ4n) is 1.80. The SMILES string of the molecule is CCC1NC(=O)C(C)N(CC(C)C)C1=O. The molecule has 1 aliphatic heterocycles. The summed E-state index contributed by atoms with van der Waals surface area (Å²) in [6.07, 6.45) is 0.659. The largest absolute Gasteiger partial charge is 0.343 e. The molecule has 0 bridgehead atoms. The quantitative estimate of drug-likeness (QED) is 0.751. The van der Waals surface area contributed by atoms with Crippen LogP contribution in [-0.2, 0) is 9.59 Å². The van der Waals surface area contributed by atoms with Crippen molar-refractivity contribution in [2.75, 3.05) is 6.54 Å². The van der Waals surface area contributed by atoms with Gasteiger partial charge in [-0.25, -0.2) is 0 Å². The van der Waals surface area contributed by atoms with Gasteiger partial charge in [0.15, 0.2) is 0 Å². The molecule has 1 rings (SSSR count). The molecule has 86 valence electrons. The number of hydrogen-bond acceptors (Lipinski definition) is 2. The first-order valence-corrected chi connectivity index (χ1v) is 5.58. The van der Waals surface area contributed by atoms with Crippen molar-refractivity contribution in [3.63, 3.8) is 0 Å². The van der Waals surface area contributed by atoms with Crippen molar-refractivity contribution in [1.82, 2.24) is 10.2 Å². The summed E-state index contributed by atoms with van der Waals surface area (Å²) >= 11 is 0. The molecular weight excluding hydrogens is 192 g/mol. The second-order valence-corrected chi connectivity index (χ2v) is 4.53. The number of hydrogen-bond donors (Lipinski definition) is 1. The summed E-state index contributed by atoms with van der Waals surface area (Å²) in [6, 6.07) is -0.657. The van der Waals surface area contributed by atoms with Gasteiger partial charge in [0.2, 0.25) is 11.8 Å². The van der Waals surface area contributed by atoms with E-state index < -0.39 is 0 Å². The van der Waals surface area contributed by atoms with E-state index in [-0.39, 0.29) is 23.9 Å². The maximum Gasteiger partial charge on any atom is 0.245 e. The predicted octanol–water partition coefficient (Wildman–Crippen LogP) is 0.768. The first-order valence-electron chi connectivity index (χ1n) is 5.58. The van der Waals surface area contributed by atoms with E-state index in [1.54, 1.807) is 11.8 Å². The standard InChI is InChI=1S/C11H20N2O2/c1-5-9-11(15)13(6-7(2)3)8(4)10(14)12-9/h7-9H,5-6H2,1-4H3,(H,12,14). The lowest BCUT2D eigenvalue weighted by Gasteiger charge is -2.38. The molecule has 15 heavy (non-hydrogen) atoms. The van der Waals surface area contributed by atoms with Crippen LogP contribution in [0.3, 0.4) is 0 Å². The lowest BCUT2D eigenvalue weighted by atomic mass is 10.0. The summed E-state index contributed by atoms with van der Waals surface area (Å²) in [6.45, 7) is 8.44. The van der Waals surface area contributed by atoms with Crippen LogP contribution in [-0.4, -0.2) is 35.3 Å². The van der Waals surface area contributed by atoms with Gasteiger partial charge in [-0.05, 0) is 19.3 Å². The second kappa shape index (κ2) is 4.64. The van der Waals surface area contributed by atoms with Crippen molar-refractivity contribution in [3.8, 4) is 0 Å². The van der Waals surface area contributed by atoms with Crippen molar-refractivity contribution in [1.29, 1.82) is 0 Å². The van der Waals surface area contributed by atoms with Gasteiger partial charge < -0.3 is 10.2 Å². The van der Waals surface area contributed by atoms with Gasteiger partial charge in [-0.3, -0.25) is 9.59 Å². The predicted molar refractivity (Wildman–Crippen MR) is 58.2 cm³/mol. The fraction of sp³-hybridized carbons (Fsp3) is 0.818. The Morgan fingerprint density at radius 3 is 2.47 bits per heavy atom. The van der Waals surface area contributed by atoms with Gasteiger partial charge in [0.25, 0.3) is 0 Å². The molecule has 2 atom stereocenters. The van der Waals surface area contributed by atoms with Gasteiger partial charge in [0.05, 0.1) is 0 Å².